The minimum Gasteiger partial charge on any atom is -0.370 e. The van der Waals surface area contributed by atoms with Gasteiger partial charge in [0.25, 0.3) is 0 Å². The molecule has 0 unspecified atom stereocenters. The van der Waals surface area contributed by atoms with E-state index in [1.165, 1.54) is 16.4 Å². The van der Waals surface area contributed by atoms with Crippen molar-refractivity contribution in [3.05, 3.63) is 66.5 Å². The Kier molecular flexibility index (Phi) is 4.88. The number of aromatic nitrogens is 4. The Morgan fingerprint density at radius 1 is 0.962 bits per heavy atom. The van der Waals surface area contributed by atoms with E-state index in [-0.39, 0.29) is 5.82 Å². The summed E-state index contributed by atoms with van der Waals surface area (Å²) in [5, 5.41) is 8.30. The first-order valence-corrected chi connectivity index (χ1v) is 8.83. The number of benzene rings is 1. The summed E-state index contributed by atoms with van der Waals surface area (Å²) in [6.45, 7) is 4.68. The van der Waals surface area contributed by atoms with Crippen LogP contribution in [0.25, 0.3) is 5.69 Å². The average molecular weight is 352 g/mol. The van der Waals surface area contributed by atoms with Crippen molar-refractivity contribution < 1.29 is 4.39 Å². The normalized spacial score (nSPS) is 15.8. The van der Waals surface area contributed by atoms with E-state index in [1.54, 1.807) is 18.2 Å². The molecule has 0 radical (unpaired) electrons. The highest BCUT2D eigenvalue weighted by Crippen LogP contribution is 2.16. The Balaban J connectivity index is 1.40. The number of anilines is 1. The number of halogens is 1. The van der Waals surface area contributed by atoms with E-state index in [1.807, 2.05) is 18.6 Å². The number of para-hydroxylation sites is 1. The molecule has 0 saturated carbocycles. The molecule has 0 atom stereocenters. The van der Waals surface area contributed by atoms with Crippen LogP contribution in [0.1, 0.15) is 12.1 Å². The zero-order chi connectivity index (χ0) is 17.8. The Labute approximate surface area is 151 Å². The van der Waals surface area contributed by atoms with Gasteiger partial charge in [-0.15, -0.1) is 5.10 Å². The molecule has 1 aromatic carbocycles. The van der Waals surface area contributed by atoms with Crippen LogP contribution in [0.5, 0.6) is 0 Å². The summed E-state index contributed by atoms with van der Waals surface area (Å²) in [5.41, 5.74) is 2.49. The Morgan fingerprint density at radius 2 is 1.81 bits per heavy atom. The van der Waals surface area contributed by atoms with Gasteiger partial charge >= 0.3 is 0 Å². The lowest BCUT2D eigenvalue weighted by Crippen LogP contribution is -2.30. The number of nitrogens with zero attached hydrogens (tertiary/aromatic N) is 6. The molecule has 1 aliphatic heterocycles. The van der Waals surface area contributed by atoms with Gasteiger partial charge in [0.2, 0.25) is 0 Å². The fraction of sp³-hybridized carbons (Fsp3) is 0.316. The van der Waals surface area contributed by atoms with Crippen LogP contribution in [0.3, 0.4) is 0 Å². The van der Waals surface area contributed by atoms with Gasteiger partial charge in [0.05, 0.1) is 11.9 Å². The van der Waals surface area contributed by atoms with Gasteiger partial charge in [-0.25, -0.2) is 9.07 Å². The SMILES string of the molecule is Fc1ccccc1-n1cc(CN2CCCN(c3ccncc3)CC2)nn1. The maximum absolute atomic E-state index is 13.9. The quantitative estimate of drug-likeness (QED) is 0.722. The summed E-state index contributed by atoms with van der Waals surface area (Å²) < 4.78 is 15.4. The zero-order valence-electron chi connectivity index (χ0n) is 14.5. The van der Waals surface area contributed by atoms with Crippen molar-refractivity contribution in [2.45, 2.75) is 13.0 Å². The van der Waals surface area contributed by atoms with Gasteiger partial charge in [0.15, 0.2) is 0 Å². The molecule has 3 heterocycles. The van der Waals surface area contributed by atoms with Gasteiger partial charge in [0, 0.05) is 50.8 Å². The summed E-state index contributed by atoms with van der Waals surface area (Å²) in [7, 11) is 0. The number of hydrogen-bond donors (Lipinski definition) is 0. The molecule has 6 nitrogen and oxygen atoms in total. The van der Waals surface area contributed by atoms with Crippen molar-refractivity contribution in [2.24, 2.45) is 0 Å². The highest BCUT2D eigenvalue weighted by molar-refractivity contribution is 5.44. The largest absolute Gasteiger partial charge is 0.370 e. The highest BCUT2D eigenvalue weighted by atomic mass is 19.1. The first-order chi connectivity index (χ1) is 12.8. The van der Waals surface area contributed by atoms with E-state index in [9.17, 15) is 4.39 Å². The lowest BCUT2D eigenvalue weighted by molar-refractivity contribution is 0.282. The second kappa shape index (κ2) is 7.61. The first-order valence-electron chi connectivity index (χ1n) is 8.83. The van der Waals surface area contributed by atoms with E-state index >= 15 is 0 Å². The third kappa shape index (κ3) is 3.72. The first kappa shape index (κ1) is 16.7. The molecule has 4 rings (SSSR count). The molecule has 1 saturated heterocycles. The average Bonchev–Trinajstić information content (AvgIpc) is 3.00. The molecular weight excluding hydrogens is 331 g/mol. The molecule has 1 aliphatic rings. The molecule has 134 valence electrons. The van der Waals surface area contributed by atoms with Gasteiger partial charge in [-0.1, -0.05) is 17.3 Å². The highest BCUT2D eigenvalue weighted by Gasteiger charge is 2.17. The third-order valence-electron chi connectivity index (χ3n) is 4.64. The van der Waals surface area contributed by atoms with Crippen molar-refractivity contribution >= 4 is 5.69 Å². The van der Waals surface area contributed by atoms with Crippen molar-refractivity contribution in [3.63, 3.8) is 0 Å². The van der Waals surface area contributed by atoms with Crippen LogP contribution < -0.4 is 4.90 Å². The topological polar surface area (TPSA) is 50.1 Å². The van der Waals surface area contributed by atoms with Gasteiger partial charge in [-0.2, -0.15) is 0 Å². The van der Waals surface area contributed by atoms with Gasteiger partial charge < -0.3 is 4.90 Å². The smallest absolute Gasteiger partial charge is 0.148 e. The van der Waals surface area contributed by atoms with E-state index in [4.69, 9.17) is 0 Å². The summed E-state index contributed by atoms with van der Waals surface area (Å²) >= 11 is 0. The standard InChI is InChI=1S/C19H21FN6/c20-18-4-1-2-5-19(18)26-15-16(22-23-26)14-24-10-3-11-25(13-12-24)17-6-8-21-9-7-17/h1-2,4-9,15H,3,10-14H2. The summed E-state index contributed by atoms with van der Waals surface area (Å²) in [6, 6.07) is 10.7. The van der Waals surface area contributed by atoms with Crippen LogP contribution in [-0.2, 0) is 6.54 Å². The van der Waals surface area contributed by atoms with Crippen LogP contribution in [0.4, 0.5) is 10.1 Å². The predicted molar refractivity (Wildman–Crippen MR) is 97.7 cm³/mol. The fourth-order valence-electron chi connectivity index (χ4n) is 3.30. The van der Waals surface area contributed by atoms with Crippen molar-refractivity contribution in [3.8, 4) is 5.69 Å². The fourth-order valence-corrected chi connectivity index (χ4v) is 3.30. The Morgan fingerprint density at radius 3 is 2.65 bits per heavy atom. The van der Waals surface area contributed by atoms with Gasteiger partial charge in [0.1, 0.15) is 11.5 Å². The van der Waals surface area contributed by atoms with Gasteiger partial charge in [-0.05, 0) is 30.7 Å². The van der Waals surface area contributed by atoms with E-state index in [0.29, 0.717) is 5.69 Å². The molecule has 3 aromatic rings. The van der Waals surface area contributed by atoms with Crippen LogP contribution in [0, 0.1) is 5.82 Å². The Hall–Kier alpha value is -2.80. The molecule has 7 heteroatoms. The third-order valence-corrected chi connectivity index (χ3v) is 4.64. The molecule has 2 aromatic heterocycles. The second-order valence-corrected chi connectivity index (χ2v) is 6.43. The number of hydrogen-bond acceptors (Lipinski definition) is 5. The van der Waals surface area contributed by atoms with Crippen molar-refractivity contribution in [1.82, 2.24) is 24.9 Å². The van der Waals surface area contributed by atoms with E-state index < -0.39 is 0 Å². The van der Waals surface area contributed by atoms with E-state index in [0.717, 1.165) is 44.8 Å². The number of rotatable bonds is 4. The lowest BCUT2D eigenvalue weighted by Gasteiger charge is -2.23. The lowest BCUT2D eigenvalue weighted by atomic mass is 10.3. The molecule has 1 fully saturated rings. The number of pyridine rings is 1. The monoisotopic (exact) mass is 352 g/mol. The molecule has 0 N–H and O–H groups in total. The molecule has 0 amide bonds. The molecule has 26 heavy (non-hydrogen) atoms. The van der Waals surface area contributed by atoms with Crippen molar-refractivity contribution in [2.75, 3.05) is 31.1 Å². The minimum atomic E-state index is -0.299. The van der Waals surface area contributed by atoms with Gasteiger partial charge in [-0.3, -0.25) is 9.88 Å². The molecule has 0 aliphatic carbocycles. The van der Waals surface area contributed by atoms with Crippen LogP contribution in [-0.4, -0.2) is 51.1 Å². The van der Waals surface area contributed by atoms with Crippen molar-refractivity contribution in [1.29, 1.82) is 0 Å². The van der Waals surface area contributed by atoms with E-state index in [2.05, 4.69) is 37.2 Å². The van der Waals surface area contributed by atoms with Crippen LogP contribution in [0.15, 0.2) is 55.0 Å². The summed E-state index contributed by atoms with van der Waals surface area (Å²) in [6.07, 6.45) is 6.56. The summed E-state index contributed by atoms with van der Waals surface area (Å²) in [4.78, 5) is 8.85. The Bertz CT molecular complexity index is 850. The predicted octanol–water partition coefficient (Wildman–Crippen LogP) is 2.51. The zero-order valence-corrected chi connectivity index (χ0v) is 14.5. The molecule has 0 spiro atoms. The second-order valence-electron chi connectivity index (χ2n) is 6.43. The maximum Gasteiger partial charge on any atom is 0.148 e. The summed E-state index contributed by atoms with van der Waals surface area (Å²) in [5.74, 6) is -0.299. The van der Waals surface area contributed by atoms with Crippen LogP contribution in [0.2, 0.25) is 0 Å². The molecule has 0 bridgehead atoms. The maximum atomic E-state index is 13.9. The minimum absolute atomic E-state index is 0.299. The molecular formula is C19H21FN6. The van der Waals surface area contributed by atoms with Crippen LogP contribution >= 0.6 is 0 Å².